The van der Waals surface area contributed by atoms with Crippen molar-refractivity contribution in [3.63, 3.8) is 0 Å². The van der Waals surface area contributed by atoms with E-state index in [1.807, 2.05) is 30.3 Å². The Balaban J connectivity index is 1.29. The fourth-order valence-corrected chi connectivity index (χ4v) is 4.50. The minimum atomic E-state index is -0.362. The molecule has 3 atom stereocenters. The van der Waals surface area contributed by atoms with Gasteiger partial charge in [-0.15, -0.1) is 0 Å². The molecular formula is C22H30N2O3. The number of carbonyl (C=O) groups is 2. The number of benzene rings is 1. The summed E-state index contributed by atoms with van der Waals surface area (Å²) in [7, 11) is 0. The highest BCUT2D eigenvalue weighted by atomic mass is 16.3. The van der Waals surface area contributed by atoms with E-state index in [2.05, 4.69) is 10.6 Å². The van der Waals surface area contributed by atoms with Crippen molar-refractivity contribution in [2.45, 2.75) is 68.9 Å². The van der Waals surface area contributed by atoms with Crippen LogP contribution in [0.25, 0.3) is 0 Å². The Bertz CT molecular complexity index is 682. The molecule has 3 fully saturated rings. The SMILES string of the molecule is O=C(CC1CCC(O)C1)NC(CNC(=O)C1(c2ccccc2)CC1)C1CC1. The quantitative estimate of drug-likeness (QED) is 0.657. The minimum absolute atomic E-state index is 0.0272. The fraction of sp³-hybridized carbons (Fsp3) is 0.636. The van der Waals surface area contributed by atoms with E-state index in [4.69, 9.17) is 0 Å². The van der Waals surface area contributed by atoms with Crippen molar-refractivity contribution in [3.8, 4) is 0 Å². The third-order valence-corrected chi connectivity index (χ3v) is 6.52. The number of aliphatic hydroxyl groups excluding tert-OH is 1. The molecule has 0 radical (unpaired) electrons. The summed E-state index contributed by atoms with van der Waals surface area (Å²) in [5.74, 6) is 0.925. The summed E-state index contributed by atoms with van der Waals surface area (Å²) in [5.41, 5.74) is 0.730. The standard InChI is InChI=1S/C22H30N2O3/c25-18-9-6-15(12-18)13-20(26)24-19(16-7-8-16)14-23-21(27)22(10-11-22)17-4-2-1-3-5-17/h1-5,15-16,18-19,25H,6-14H2,(H,23,27)(H,24,26). The average molecular weight is 370 g/mol. The maximum absolute atomic E-state index is 12.8. The van der Waals surface area contributed by atoms with Gasteiger partial charge in [-0.1, -0.05) is 30.3 Å². The van der Waals surface area contributed by atoms with Gasteiger partial charge in [-0.3, -0.25) is 9.59 Å². The molecule has 0 spiro atoms. The zero-order valence-corrected chi connectivity index (χ0v) is 15.8. The maximum Gasteiger partial charge on any atom is 0.230 e. The van der Waals surface area contributed by atoms with Crippen LogP contribution in [0.5, 0.6) is 0 Å². The Morgan fingerprint density at radius 2 is 1.85 bits per heavy atom. The molecule has 0 aliphatic heterocycles. The van der Waals surface area contributed by atoms with Crippen LogP contribution in [0.2, 0.25) is 0 Å². The number of amides is 2. The Morgan fingerprint density at radius 3 is 2.44 bits per heavy atom. The second-order valence-electron chi connectivity index (χ2n) is 8.71. The topological polar surface area (TPSA) is 78.4 Å². The van der Waals surface area contributed by atoms with Crippen LogP contribution in [-0.2, 0) is 15.0 Å². The van der Waals surface area contributed by atoms with Crippen molar-refractivity contribution >= 4 is 11.8 Å². The first kappa shape index (κ1) is 18.5. The highest BCUT2D eigenvalue weighted by molar-refractivity contribution is 5.91. The van der Waals surface area contributed by atoms with E-state index in [0.717, 1.165) is 50.5 Å². The number of aliphatic hydroxyl groups is 1. The molecule has 0 saturated heterocycles. The Labute approximate surface area is 160 Å². The Morgan fingerprint density at radius 1 is 1.11 bits per heavy atom. The van der Waals surface area contributed by atoms with Crippen molar-refractivity contribution in [2.24, 2.45) is 11.8 Å². The second kappa shape index (κ2) is 7.63. The van der Waals surface area contributed by atoms with E-state index in [1.165, 1.54) is 0 Å². The van der Waals surface area contributed by atoms with Crippen molar-refractivity contribution < 1.29 is 14.7 Å². The van der Waals surface area contributed by atoms with Crippen LogP contribution >= 0.6 is 0 Å². The van der Waals surface area contributed by atoms with Crippen LogP contribution in [0.15, 0.2) is 30.3 Å². The number of carbonyl (C=O) groups excluding carboxylic acids is 2. The molecule has 3 aliphatic rings. The highest BCUT2D eigenvalue weighted by Crippen LogP contribution is 2.48. The molecule has 2 amide bonds. The van der Waals surface area contributed by atoms with E-state index < -0.39 is 0 Å². The Hall–Kier alpha value is -1.88. The first-order valence-electron chi connectivity index (χ1n) is 10.4. The molecule has 0 bridgehead atoms. The van der Waals surface area contributed by atoms with Gasteiger partial charge in [0, 0.05) is 19.0 Å². The van der Waals surface area contributed by atoms with Gasteiger partial charge in [-0.25, -0.2) is 0 Å². The molecule has 1 aromatic carbocycles. The Kier molecular flexibility index (Phi) is 5.22. The van der Waals surface area contributed by atoms with Gasteiger partial charge in [0.15, 0.2) is 0 Å². The van der Waals surface area contributed by atoms with Gasteiger partial charge in [-0.2, -0.15) is 0 Å². The molecule has 3 N–H and O–H groups in total. The number of rotatable bonds is 8. The first-order valence-corrected chi connectivity index (χ1v) is 10.4. The van der Waals surface area contributed by atoms with Crippen LogP contribution in [0.4, 0.5) is 0 Å². The molecule has 3 unspecified atom stereocenters. The largest absolute Gasteiger partial charge is 0.393 e. The number of hydrogen-bond acceptors (Lipinski definition) is 3. The van der Waals surface area contributed by atoms with E-state index >= 15 is 0 Å². The predicted octanol–water partition coefficient (Wildman–Crippen LogP) is 2.28. The summed E-state index contributed by atoms with van der Waals surface area (Å²) in [6.45, 7) is 0.511. The van der Waals surface area contributed by atoms with Gasteiger partial charge in [-0.05, 0) is 62.3 Å². The zero-order valence-electron chi connectivity index (χ0n) is 15.8. The molecular weight excluding hydrogens is 340 g/mol. The molecule has 4 rings (SSSR count). The lowest BCUT2D eigenvalue weighted by Gasteiger charge is -2.22. The normalized spacial score (nSPS) is 27.0. The van der Waals surface area contributed by atoms with Crippen molar-refractivity contribution in [1.29, 1.82) is 0 Å². The summed E-state index contributed by atoms with van der Waals surface area (Å²) < 4.78 is 0. The monoisotopic (exact) mass is 370 g/mol. The van der Waals surface area contributed by atoms with Gasteiger partial charge in [0.05, 0.1) is 11.5 Å². The summed E-state index contributed by atoms with van der Waals surface area (Å²) in [4.78, 5) is 25.2. The van der Waals surface area contributed by atoms with Crippen LogP contribution in [-0.4, -0.2) is 35.6 Å². The van der Waals surface area contributed by atoms with Gasteiger partial charge >= 0.3 is 0 Å². The molecule has 146 valence electrons. The van der Waals surface area contributed by atoms with Gasteiger partial charge in [0.25, 0.3) is 0 Å². The van der Waals surface area contributed by atoms with Crippen LogP contribution < -0.4 is 10.6 Å². The third-order valence-electron chi connectivity index (χ3n) is 6.52. The van der Waals surface area contributed by atoms with E-state index in [-0.39, 0.29) is 29.4 Å². The molecule has 0 aromatic heterocycles. The zero-order chi connectivity index (χ0) is 18.9. The average Bonchev–Trinajstić information content (AvgIpc) is 3.58. The first-order chi connectivity index (χ1) is 13.1. The number of hydrogen-bond donors (Lipinski definition) is 3. The highest BCUT2D eigenvalue weighted by Gasteiger charge is 2.51. The summed E-state index contributed by atoms with van der Waals surface area (Å²) >= 11 is 0. The van der Waals surface area contributed by atoms with Gasteiger partial charge < -0.3 is 15.7 Å². The van der Waals surface area contributed by atoms with Gasteiger partial charge in [0.1, 0.15) is 0 Å². The van der Waals surface area contributed by atoms with Crippen molar-refractivity contribution in [3.05, 3.63) is 35.9 Å². The molecule has 1 aromatic rings. The summed E-state index contributed by atoms with van der Waals surface area (Å²) in [6.07, 6.45) is 6.75. The summed E-state index contributed by atoms with van der Waals surface area (Å²) in [6, 6.07) is 10.0. The smallest absolute Gasteiger partial charge is 0.230 e. The van der Waals surface area contributed by atoms with Crippen LogP contribution in [0.1, 0.15) is 56.9 Å². The van der Waals surface area contributed by atoms with Gasteiger partial charge in [0.2, 0.25) is 11.8 Å². The molecule has 0 heterocycles. The van der Waals surface area contributed by atoms with Crippen LogP contribution in [0.3, 0.4) is 0 Å². The lowest BCUT2D eigenvalue weighted by molar-refractivity contribution is -0.125. The number of nitrogens with one attached hydrogen (secondary N) is 2. The molecule has 3 aliphatic carbocycles. The fourth-order valence-electron chi connectivity index (χ4n) is 4.50. The molecule has 3 saturated carbocycles. The van der Waals surface area contributed by atoms with Crippen LogP contribution in [0, 0.1) is 11.8 Å². The summed E-state index contributed by atoms with van der Waals surface area (Å²) in [5, 5.41) is 15.9. The van der Waals surface area contributed by atoms with Crippen molar-refractivity contribution in [1.82, 2.24) is 10.6 Å². The predicted molar refractivity (Wildman–Crippen MR) is 103 cm³/mol. The maximum atomic E-state index is 12.8. The molecule has 5 nitrogen and oxygen atoms in total. The van der Waals surface area contributed by atoms with Crippen molar-refractivity contribution in [2.75, 3.05) is 6.54 Å². The van der Waals surface area contributed by atoms with E-state index in [9.17, 15) is 14.7 Å². The molecule has 27 heavy (non-hydrogen) atoms. The second-order valence-corrected chi connectivity index (χ2v) is 8.71. The molecule has 5 heteroatoms. The lowest BCUT2D eigenvalue weighted by Crippen LogP contribution is -2.47. The minimum Gasteiger partial charge on any atom is -0.393 e. The van der Waals surface area contributed by atoms with E-state index in [1.54, 1.807) is 0 Å². The van der Waals surface area contributed by atoms with E-state index in [0.29, 0.717) is 24.8 Å². The third kappa shape index (κ3) is 4.34. The lowest BCUT2D eigenvalue weighted by atomic mass is 9.95.